The third kappa shape index (κ3) is 5.27. The highest BCUT2D eigenvalue weighted by atomic mass is 35.5. The van der Waals surface area contributed by atoms with Crippen LogP contribution in [-0.4, -0.2) is 56.5 Å². The van der Waals surface area contributed by atoms with Crippen LogP contribution in [0.4, 0.5) is 5.69 Å². The first-order valence-corrected chi connectivity index (χ1v) is 12.8. The molecule has 2 heterocycles. The molecule has 0 spiro atoms. The number of hydrogen-bond acceptors (Lipinski definition) is 6. The van der Waals surface area contributed by atoms with Crippen LogP contribution in [0.25, 0.3) is 0 Å². The molecular weight excluding hydrogens is 466 g/mol. The van der Waals surface area contributed by atoms with Crippen LogP contribution in [0.15, 0.2) is 41.3 Å². The van der Waals surface area contributed by atoms with Crippen LogP contribution in [0.1, 0.15) is 31.7 Å². The molecule has 0 bridgehead atoms. The molecule has 2 aliphatic heterocycles. The third-order valence-corrected chi connectivity index (χ3v) is 8.28. The molecule has 0 radical (unpaired) electrons. The van der Waals surface area contributed by atoms with E-state index in [1.54, 1.807) is 6.92 Å². The zero-order chi connectivity index (χ0) is 23.6. The van der Waals surface area contributed by atoms with Gasteiger partial charge in [0.15, 0.2) is 11.5 Å². The second-order valence-corrected chi connectivity index (χ2v) is 10.7. The van der Waals surface area contributed by atoms with Gasteiger partial charge in [0, 0.05) is 19.6 Å². The van der Waals surface area contributed by atoms with Crippen molar-refractivity contribution in [3.05, 3.63) is 47.0 Å². The summed E-state index contributed by atoms with van der Waals surface area (Å²) in [5.41, 5.74) is 1.26. The van der Waals surface area contributed by atoms with Crippen molar-refractivity contribution < 1.29 is 22.7 Å². The van der Waals surface area contributed by atoms with E-state index < -0.39 is 16.1 Å². The molecule has 2 aromatic carbocycles. The molecule has 10 heteroatoms. The summed E-state index contributed by atoms with van der Waals surface area (Å²) in [7, 11) is -1.79. The van der Waals surface area contributed by atoms with Gasteiger partial charge in [0.25, 0.3) is 0 Å². The summed E-state index contributed by atoms with van der Waals surface area (Å²) < 4.78 is 38.3. The number of rotatable bonds is 7. The van der Waals surface area contributed by atoms with Gasteiger partial charge >= 0.3 is 0 Å². The van der Waals surface area contributed by atoms with E-state index in [4.69, 9.17) is 21.1 Å². The fraction of sp³-hybridized carbons (Fsp3) is 0.435. The van der Waals surface area contributed by atoms with Gasteiger partial charge in [0.05, 0.1) is 21.6 Å². The molecule has 1 amide bonds. The first-order valence-electron chi connectivity index (χ1n) is 10.9. The quantitative estimate of drug-likeness (QED) is 0.632. The Bertz CT molecular complexity index is 1130. The van der Waals surface area contributed by atoms with E-state index in [9.17, 15) is 13.2 Å². The molecule has 0 aliphatic carbocycles. The summed E-state index contributed by atoms with van der Waals surface area (Å²) in [5.74, 6) is 1.12. The van der Waals surface area contributed by atoms with Crippen LogP contribution < -0.4 is 14.8 Å². The van der Waals surface area contributed by atoms with E-state index in [2.05, 4.69) is 5.32 Å². The molecule has 1 unspecified atom stereocenters. The lowest BCUT2D eigenvalue weighted by Gasteiger charge is -2.26. The molecule has 1 atom stereocenters. The molecular formula is C23H28ClN3O5S. The average Bonchev–Trinajstić information content (AvgIpc) is 3.28. The number of piperidine rings is 1. The van der Waals surface area contributed by atoms with Crippen LogP contribution >= 0.6 is 11.6 Å². The molecule has 1 fully saturated rings. The lowest BCUT2D eigenvalue weighted by Crippen LogP contribution is -2.39. The number of carbonyl (C=O) groups is 1. The van der Waals surface area contributed by atoms with Crippen LogP contribution in [0.3, 0.4) is 0 Å². The minimum Gasteiger partial charge on any atom is -0.454 e. The van der Waals surface area contributed by atoms with Crippen molar-refractivity contribution in [2.24, 2.45) is 0 Å². The molecule has 1 saturated heterocycles. The SMILES string of the molecule is CC(C(=O)Nc1cc(S(=O)(=O)N2CCCCC2)ccc1Cl)N(C)Cc1ccc2c(c1)OCO2. The van der Waals surface area contributed by atoms with Crippen molar-refractivity contribution in [3.63, 3.8) is 0 Å². The summed E-state index contributed by atoms with van der Waals surface area (Å²) >= 11 is 6.28. The molecule has 2 aromatic rings. The summed E-state index contributed by atoms with van der Waals surface area (Å²) in [4.78, 5) is 14.9. The molecule has 178 valence electrons. The molecule has 4 rings (SSSR count). The van der Waals surface area contributed by atoms with Gasteiger partial charge in [-0.2, -0.15) is 4.31 Å². The normalized spacial score (nSPS) is 17.2. The average molecular weight is 494 g/mol. The monoisotopic (exact) mass is 493 g/mol. The van der Waals surface area contributed by atoms with Gasteiger partial charge in [0.2, 0.25) is 22.7 Å². The predicted octanol–water partition coefficient (Wildman–Crippen LogP) is 3.70. The van der Waals surface area contributed by atoms with Crippen molar-refractivity contribution >= 4 is 33.2 Å². The van der Waals surface area contributed by atoms with Crippen LogP contribution in [0.5, 0.6) is 11.5 Å². The number of likely N-dealkylation sites (N-methyl/N-ethyl adjacent to an activating group) is 1. The third-order valence-electron chi connectivity index (χ3n) is 6.06. The highest BCUT2D eigenvalue weighted by molar-refractivity contribution is 7.89. The van der Waals surface area contributed by atoms with E-state index in [1.165, 1.54) is 22.5 Å². The Labute approximate surface area is 199 Å². The van der Waals surface area contributed by atoms with Gasteiger partial charge in [0.1, 0.15) is 0 Å². The van der Waals surface area contributed by atoms with Gasteiger partial charge in [-0.15, -0.1) is 0 Å². The largest absolute Gasteiger partial charge is 0.454 e. The number of hydrogen-bond donors (Lipinski definition) is 1. The summed E-state index contributed by atoms with van der Waals surface area (Å²) in [6.45, 7) is 3.52. The maximum atomic E-state index is 13.0. The number of benzene rings is 2. The van der Waals surface area contributed by atoms with Gasteiger partial charge in [-0.25, -0.2) is 8.42 Å². The summed E-state index contributed by atoms with van der Waals surface area (Å²) in [5, 5.41) is 3.08. The lowest BCUT2D eigenvalue weighted by molar-refractivity contribution is -0.120. The summed E-state index contributed by atoms with van der Waals surface area (Å²) in [6.07, 6.45) is 2.73. The second-order valence-electron chi connectivity index (χ2n) is 8.37. The van der Waals surface area contributed by atoms with Crippen LogP contribution in [0, 0.1) is 0 Å². The molecule has 8 nitrogen and oxygen atoms in total. The van der Waals surface area contributed by atoms with Crippen molar-refractivity contribution in [1.82, 2.24) is 9.21 Å². The van der Waals surface area contributed by atoms with Gasteiger partial charge < -0.3 is 14.8 Å². The smallest absolute Gasteiger partial charge is 0.243 e. The van der Waals surface area contributed by atoms with Crippen molar-refractivity contribution in [3.8, 4) is 11.5 Å². The Balaban J connectivity index is 1.44. The number of amides is 1. The van der Waals surface area contributed by atoms with Crippen molar-refractivity contribution in [2.75, 3.05) is 32.2 Å². The second kappa shape index (κ2) is 9.89. The number of sulfonamides is 1. The number of anilines is 1. The molecule has 2 aliphatic rings. The Morgan fingerprint density at radius 3 is 2.61 bits per heavy atom. The van der Waals surface area contributed by atoms with Crippen LogP contribution in [0.2, 0.25) is 5.02 Å². The minimum absolute atomic E-state index is 0.130. The number of fused-ring (bicyclic) bond motifs is 1. The molecule has 33 heavy (non-hydrogen) atoms. The predicted molar refractivity (Wildman–Crippen MR) is 126 cm³/mol. The fourth-order valence-electron chi connectivity index (χ4n) is 3.92. The Kier molecular flexibility index (Phi) is 7.13. The topological polar surface area (TPSA) is 88.2 Å². The highest BCUT2D eigenvalue weighted by Crippen LogP contribution is 2.33. The highest BCUT2D eigenvalue weighted by Gasteiger charge is 2.27. The number of ether oxygens (including phenoxy) is 2. The standard InChI is InChI=1S/C23H28ClN3O5S/c1-16(26(2)14-17-6-9-21-22(12-17)32-15-31-21)23(28)25-20-13-18(7-8-19(20)24)33(29,30)27-10-4-3-5-11-27/h6-9,12-13,16H,3-5,10-11,14-15H2,1-2H3,(H,25,28). The number of nitrogens with one attached hydrogen (secondary N) is 1. The van der Waals surface area contributed by atoms with E-state index in [0.29, 0.717) is 31.1 Å². The lowest BCUT2D eigenvalue weighted by atomic mass is 10.1. The Hall–Kier alpha value is -2.33. The Morgan fingerprint density at radius 1 is 1.12 bits per heavy atom. The molecule has 1 N–H and O–H groups in total. The number of halogens is 1. The minimum atomic E-state index is -3.63. The summed E-state index contributed by atoms with van der Waals surface area (Å²) in [6, 6.07) is 9.62. The van der Waals surface area contributed by atoms with E-state index in [-0.39, 0.29) is 28.3 Å². The number of carbonyl (C=O) groups excluding carboxylic acids is 1. The maximum Gasteiger partial charge on any atom is 0.243 e. The molecule has 0 saturated carbocycles. The van der Waals surface area contributed by atoms with Crippen LogP contribution in [-0.2, 0) is 21.4 Å². The first-order chi connectivity index (χ1) is 15.8. The van der Waals surface area contributed by atoms with Gasteiger partial charge in [-0.3, -0.25) is 9.69 Å². The van der Waals surface area contributed by atoms with E-state index in [1.807, 2.05) is 30.1 Å². The zero-order valence-electron chi connectivity index (χ0n) is 18.7. The first kappa shape index (κ1) is 23.8. The van der Waals surface area contributed by atoms with E-state index >= 15 is 0 Å². The zero-order valence-corrected chi connectivity index (χ0v) is 20.3. The number of nitrogens with zero attached hydrogens (tertiary/aromatic N) is 2. The van der Waals surface area contributed by atoms with Gasteiger partial charge in [-0.05, 0) is 62.7 Å². The molecule has 0 aromatic heterocycles. The maximum absolute atomic E-state index is 13.0. The van der Waals surface area contributed by atoms with Crippen molar-refractivity contribution in [2.45, 2.75) is 43.7 Å². The fourth-order valence-corrected chi connectivity index (χ4v) is 5.63. The Morgan fingerprint density at radius 2 is 1.85 bits per heavy atom. The van der Waals surface area contributed by atoms with E-state index in [0.717, 1.165) is 24.8 Å². The van der Waals surface area contributed by atoms with Crippen molar-refractivity contribution in [1.29, 1.82) is 0 Å². The van der Waals surface area contributed by atoms with Gasteiger partial charge in [-0.1, -0.05) is 24.1 Å².